The monoisotopic (exact) mass is 268 g/mol. The Morgan fingerprint density at radius 2 is 1.95 bits per heavy atom. The van der Waals surface area contributed by atoms with E-state index in [0.717, 1.165) is 31.1 Å². The van der Waals surface area contributed by atoms with E-state index in [2.05, 4.69) is 52.2 Å². The average Bonchev–Trinajstić information content (AvgIpc) is 2.48. The molecule has 0 radical (unpaired) electrons. The highest BCUT2D eigenvalue weighted by atomic mass is 15.3. The van der Waals surface area contributed by atoms with E-state index >= 15 is 0 Å². The van der Waals surface area contributed by atoms with Gasteiger partial charge in [0.2, 0.25) is 5.95 Å². The Labute approximate surface area is 119 Å². The molecule has 1 atom stereocenters. The molecular weight excluding hydrogens is 248 g/mol. The largest absolute Gasteiger partial charge is 0.338 e. The van der Waals surface area contributed by atoms with E-state index in [1.54, 1.807) is 0 Å². The zero-order valence-corrected chi connectivity index (χ0v) is 12.0. The third-order valence-corrected chi connectivity index (χ3v) is 3.75. The van der Waals surface area contributed by atoms with Crippen LogP contribution in [0.4, 0.5) is 5.95 Å². The van der Waals surface area contributed by atoms with E-state index in [9.17, 15) is 0 Å². The molecular formula is C16H20N4. The second-order valence-corrected chi connectivity index (χ2v) is 5.39. The number of aryl methyl sites for hydroxylation is 1. The van der Waals surface area contributed by atoms with Gasteiger partial charge in [-0.3, -0.25) is 0 Å². The third-order valence-electron chi connectivity index (χ3n) is 3.75. The molecule has 0 spiro atoms. The summed E-state index contributed by atoms with van der Waals surface area (Å²) < 4.78 is 0. The normalized spacial score (nSPS) is 19.1. The van der Waals surface area contributed by atoms with Gasteiger partial charge in [-0.1, -0.05) is 24.3 Å². The van der Waals surface area contributed by atoms with Crippen molar-refractivity contribution >= 4 is 5.95 Å². The highest BCUT2D eigenvalue weighted by molar-refractivity contribution is 5.65. The van der Waals surface area contributed by atoms with Crippen LogP contribution in [-0.2, 0) is 0 Å². The summed E-state index contributed by atoms with van der Waals surface area (Å²) in [5, 5.41) is 3.43. The molecule has 0 aliphatic carbocycles. The molecule has 0 bridgehead atoms. The first-order valence-corrected chi connectivity index (χ1v) is 7.10. The van der Waals surface area contributed by atoms with Crippen molar-refractivity contribution in [2.75, 3.05) is 24.5 Å². The summed E-state index contributed by atoms with van der Waals surface area (Å²) in [7, 11) is 0. The van der Waals surface area contributed by atoms with E-state index in [0.29, 0.717) is 6.04 Å². The maximum absolute atomic E-state index is 4.54. The Morgan fingerprint density at radius 3 is 2.65 bits per heavy atom. The number of hydrogen-bond acceptors (Lipinski definition) is 4. The van der Waals surface area contributed by atoms with Gasteiger partial charge in [0.1, 0.15) is 0 Å². The Morgan fingerprint density at radius 1 is 1.20 bits per heavy atom. The number of nitrogens with one attached hydrogen (secondary N) is 1. The molecule has 2 aromatic rings. The fraction of sp³-hybridized carbons (Fsp3) is 0.375. The molecule has 1 aliphatic heterocycles. The molecule has 1 N–H and O–H groups in total. The Hall–Kier alpha value is -1.94. The van der Waals surface area contributed by atoms with Crippen molar-refractivity contribution in [1.29, 1.82) is 0 Å². The molecule has 1 aliphatic rings. The lowest BCUT2D eigenvalue weighted by Gasteiger charge is -2.31. The minimum Gasteiger partial charge on any atom is -0.338 e. The van der Waals surface area contributed by atoms with Gasteiger partial charge in [-0.25, -0.2) is 9.97 Å². The number of aromatic nitrogens is 2. The van der Waals surface area contributed by atoms with Crippen molar-refractivity contribution in [1.82, 2.24) is 15.3 Å². The Kier molecular flexibility index (Phi) is 3.65. The van der Waals surface area contributed by atoms with E-state index in [1.165, 1.54) is 11.1 Å². The smallest absolute Gasteiger partial charge is 0.225 e. The number of piperazine rings is 1. The van der Waals surface area contributed by atoms with Crippen molar-refractivity contribution < 1.29 is 0 Å². The van der Waals surface area contributed by atoms with Gasteiger partial charge in [-0.2, -0.15) is 0 Å². The first-order valence-electron chi connectivity index (χ1n) is 7.10. The topological polar surface area (TPSA) is 41.1 Å². The fourth-order valence-electron chi connectivity index (χ4n) is 2.63. The SMILES string of the molecule is Cc1ccccc1-c1cnc(N2CCNC(C)C2)nc1. The quantitative estimate of drug-likeness (QED) is 0.907. The lowest BCUT2D eigenvalue weighted by Crippen LogP contribution is -2.49. The molecule has 3 rings (SSSR count). The van der Waals surface area contributed by atoms with Crippen molar-refractivity contribution in [2.45, 2.75) is 19.9 Å². The maximum Gasteiger partial charge on any atom is 0.225 e. The second kappa shape index (κ2) is 5.59. The van der Waals surface area contributed by atoms with Crippen LogP contribution in [0.15, 0.2) is 36.7 Å². The Bertz CT molecular complexity index is 579. The summed E-state index contributed by atoms with van der Waals surface area (Å²) in [5.41, 5.74) is 3.53. The predicted octanol–water partition coefficient (Wildman–Crippen LogP) is 2.25. The molecule has 0 saturated carbocycles. The van der Waals surface area contributed by atoms with Crippen LogP contribution < -0.4 is 10.2 Å². The van der Waals surface area contributed by atoms with Crippen molar-refractivity contribution in [3.63, 3.8) is 0 Å². The van der Waals surface area contributed by atoms with Gasteiger partial charge in [-0.05, 0) is 25.0 Å². The molecule has 1 unspecified atom stereocenters. The predicted molar refractivity (Wildman–Crippen MR) is 81.9 cm³/mol. The number of anilines is 1. The van der Waals surface area contributed by atoms with Crippen LogP contribution in [0.1, 0.15) is 12.5 Å². The highest BCUT2D eigenvalue weighted by Gasteiger charge is 2.17. The maximum atomic E-state index is 4.54. The summed E-state index contributed by atoms with van der Waals surface area (Å²) in [4.78, 5) is 11.3. The molecule has 1 saturated heterocycles. The minimum atomic E-state index is 0.489. The zero-order valence-electron chi connectivity index (χ0n) is 12.0. The minimum absolute atomic E-state index is 0.489. The molecule has 1 fully saturated rings. The molecule has 4 nitrogen and oxygen atoms in total. The lowest BCUT2D eigenvalue weighted by atomic mass is 10.0. The van der Waals surface area contributed by atoms with Crippen LogP contribution in [0.5, 0.6) is 0 Å². The summed E-state index contributed by atoms with van der Waals surface area (Å²) in [6.45, 7) is 7.22. The van der Waals surface area contributed by atoms with Crippen LogP contribution >= 0.6 is 0 Å². The molecule has 104 valence electrons. The van der Waals surface area contributed by atoms with Crippen LogP contribution in [0.25, 0.3) is 11.1 Å². The molecule has 1 aromatic heterocycles. The molecule has 4 heteroatoms. The van der Waals surface area contributed by atoms with Crippen molar-refractivity contribution in [3.05, 3.63) is 42.2 Å². The molecule has 20 heavy (non-hydrogen) atoms. The molecule has 2 heterocycles. The van der Waals surface area contributed by atoms with E-state index in [4.69, 9.17) is 0 Å². The first kappa shape index (κ1) is 13.1. The molecule has 1 aromatic carbocycles. The van der Waals surface area contributed by atoms with Crippen LogP contribution in [-0.4, -0.2) is 35.6 Å². The summed E-state index contributed by atoms with van der Waals surface area (Å²) in [6.07, 6.45) is 3.86. The summed E-state index contributed by atoms with van der Waals surface area (Å²) in [6, 6.07) is 8.81. The van der Waals surface area contributed by atoms with Gasteiger partial charge in [0, 0.05) is 43.6 Å². The van der Waals surface area contributed by atoms with Gasteiger partial charge in [0.25, 0.3) is 0 Å². The van der Waals surface area contributed by atoms with Crippen molar-refractivity contribution in [2.24, 2.45) is 0 Å². The van der Waals surface area contributed by atoms with Gasteiger partial charge in [0.05, 0.1) is 0 Å². The lowest BCUT2D eigenvalue weighted by molar-refractivity contribution is 0.479. The number of hydrogen-bond donors (Lipinski definition) is 1. The van der Waals surface area contributed by atoms with Gasteiger partial charge >= 0.3 is 0 Å². The zero-order chi connectivity index (χ0) is 13.9. The summed E-state index contributed by atoms with van der Waals surface area (Å²) >= 11 is 0. The third kappa shape index (κ3) is 2.65. The van der Waals surface area contributed by atoms with Crippen molar-refractivity contribution in [3.8, 4) is 11.1 Å². The fourth-order valence-corrected chi connectivity index (χ4v) is 2.63. The number of benzene rings is 1. The first-order chi connectivity index (χ1) is 9.74. The van der Waals surface area contributed by atoms with Crippen LogP contribution in [0, 0.1) is 6.92 Å². The number of rotatable bonds is 2. The highest BCUT2D eigenvalue weighted by Crippen LogP contribution is 2.22. The van der Waals surface area contributed by atoms with Gasteiger partial charge in [0.15, 0.2) is 0 Å². The molecule has 0 amide bonds. The van der Waals surface area contributed by atoms with Gasteiger partial charge in [-0.15, -0.1) is 0 Å². The average molecular weight is 268 g/mol. The van der Waals surface area contributed by atoms with Gasteiger partial charge < -0.3 is 10.2 Å². The standard InChI is InChI=1S/C16H20N4/c1-12-5-3-4-6-15(12)14-9-18-16(19-10-14)20-8-7-17-13(2)11-20/h3-6,9-10,13,17H,7-8,11H2,1-2H3. The van der Waals surface area contributed by atoms with E-state index in [1.807, 2.05) is 18.5 Å². The van der Waals surface area contributed by atoms with Crippen LogP contribution in [0.3, 0.4) is 0 Å². The van der Waals surface area contributed by atoms with Crippen LogP contribution in [0.2, 0.25) is 0 Å². The van der Waals surface area contributed by atoms with E-state index in [-0.39, 0.29) is 0 Å². The Balaban J connectivity index is 1.83. The van der Waals surface area contributed by atoms with E-state index < -0.39 is 0 Å². The summed E-state index contributed by atoms with van der Waals surface area (Å²) in [5.74, 6) is 0.829. The number of nitrogens with zero attached hydrogens (tertiary/aromatic N) is 3. The second-order valence-electron chi connectivity index (χ2n) is 5.39.